The van der Waals surface area contributed by atoms with Gasteiger partial charge in [-0.15, -0.1) is 0 Å². The molecule has 2 aromatic carbocycles. The molecule has 1 aromatic heterocycles. The molecule has 0 bridgehead atoms. The van der Waals surface area contributed by atoms with Gasteiger partial charge in [0.05, 0.1) is 6.61 Å². The number of phenolic OH excluding ortho intramolecular Hbond substituents is 3. The van der Waals surface area contributed by atoms with E-state index in [2.05, 4.69) is 0 Å². The summed E-state index contributed by atoms with van der Waals surface area (Å²) in [6.07, 6.45) is -7.80. The molecule has 3 aromatic rings. The standard InChI is InChI=1S/C21H20O12/c22-6-13-15(26)17(28)19(30)21(33-13)31-8-4-11(25)14-12(5-8)32-20(18(29)16(14)27)7-1-2-9(23)10(24)3-7/h1-5,13,15,17,19,21-26,28-30H,6H2/t13?,15-,17?,19?,21-/m1/s1. The largest absolute Gasteiger partial charge is 0.507 e. The molecule has 12 nitrogen and oxygen atoms in total. The van der Waals surface area contributed by atoms with Crippen LogP contribution in [0.4, 0.5) is 0 Å². The first-order valence-electron chi connectivity index (χ1n) is 9.64. The lowest BCUT2D eigenvalue weighted by molar-refractivity contribution is -0.277. The van der Waals surface area contributed by atoms with Crippen molar-refractivity contribution in [3.05, 3.63) is 40.6 Å². The molecular weight excluding hydrogens is 444 g/mol. The SMILES string of the molecule is O=c1c(O)c(-c2ccc(O)c(O)c2)oc2cc(O[C@@H]3OC(CO)[C@@H](O)C(O)C3O)cc(O)c12. The fourth-order valence-corrected chi connectivity index (χ4v) is 3.49. The van der Waals surface area contributed by atoms with Gasteiger partial charge in [-0.25, -0.2) is 0 Å². The number of hydrogen-bond acceptors (Lipinski definition) is 12. The van der Waals surface area contributed by atoms with Gasteiger partial charge in [0.1, 0.15) is 46.9 Å². The van der Waals surface area contributed by atoms with Gasteiger partial charge in [0.25, 0.3) is 0 Å². The van der Waals surface area contributed by atoms with Gasteiger partial charge in [-0.05, 0) is 18.2 Å². The molecule has 0 saturated carbocycles. The number of aliphatic hydroxyl groups is 4. The van der Waals surface area contributed by atoms with Crippen LogP contribution >= 0.6 is 0 Å². The number of rotatable bonds is 4. The molecule has 1 fully saturated rings. The van der Waals surface area contributed by atoms with Crippen molar-refractivity contribution in [3.63, 3.8) is 0 Å². The molecule has 3 unspecified atom stereocenters. The van der Waals surface area contributed by atoms with E-state index in [1.165, 1.54) is 6.07 Å². The van der Waals surface area contributed by atoms with Crippen LogP contribution < -0.4 is 10.2 Å². The monoisotopic (exact) mass is 464 g/mol. The summed E-state index contributed by atoms with van der Waals surface area (Å²) in [4.78, 5) is 12.6. The highest BCUT2D eigenvalue weighted by atomic mass is 16.7. The maximum absolute atomic E-state index is 12.6. The zero-order valence-electron chi connectivity index (χ0n) is 16.7. The lowest BCUT2D eigenvalue weighted by Gasteiger charge is -2.39. The van der Waals surface area contributed by atoms with Gasteiger partial charge >= 0.3 is 0 Å². The second kappa shape index (κ2) is 8.42. The number of fused-ring (bicyclic) bond motifs is 1. The molecule has 0 spiro atoms. The van der Waals surface area contributed by atoms with Crippen LogP contribution in [-0.4, -0.2) is 78.2 Å². The topological polar surface area (TPSA) is 211 Å². The third kappa shape index (κ3) is 3.90. The van der Waals surface area contributed by atoms with Crippen molar-refractivity contribution in [2.45, 2.75) is 30.7 Å². The quantitative estimate of drug-likeness (QED) is 0.229. The van der Waals surface area contributed by atoms with Crippen LogP contribution in [0.2, 0.25) is 0 Å². The second-order valence-electron chi connectivity index (χ2n) is 7.44. The molecule has 33 heavy (non-hydrogen) atoms. The molecule has 12 heteroatoms. The minimum atomic E-state index is -1.72. The Kier molecular flexibility index (Phi) is 5.78. The number of phenols is 3. The fraction of sp³-hybridized carbons (Fsp3) is 0.286. The Morgan fingerprint density at radius 1 is 0.879 bits per heavy atom. The normalized spacial score (nSPS) is 25.3. The summed E-state index contributed by atoms with van der Waals surface area (Å²) in [6, 6.07) is 5.55. The van der Waals surface area contributed by atoms with Gasteiger partial charge in [0.15, 0.2) is 17.3 Å². The third-order valence-corrected chi connectivity index (χ3v) is 5.26. The smallest absolute Gasteiger partial charge is 0.238 e. The predicted octanol–water partition coefficient (Wildman–Crippen LogP) is -0.539. The van der Waals surface area contributed by atoms with Gasteiger partial charge < -0.3 is 54.7 Å². The zero-order chi connectivity index (χ0) is 24.0. The summed E-state index contributed by atoms with van der Waals surface area (Å²) in [5.74, 6) is -3.02. The predicted molar refractivity (Wildman–Crippen MR) is 109 cm³/mol. The molecule has 8 N–H and O–H groups in total. The van der Waals surface area contributed by atoms with Crippen molar-refractivity contribution in [3.8, 4) is 40.1 Å². The van der Waals surface area contributed by atoms with Crippen LogP contribution in [0, 0.1) is 0 Å². The lowest BCUT2D eigenvalue weighted by Crippen LogP contribution is -2.60. The minimum Gasteiger partial charge on any atom is -0.507 e. The molecule has 4 rings (SSSR count). The van der Waals surface area contributed by atoms with Crippen molar-refractivity contribution in [1.29, 1.82) is 0 Å². The fourth-order valence-electron chi connectivity index (χ4n) is 3.49. The maximum Gasteiger partial charge on any atom is 0.238 e. The van der Waals surface area contributed by atoms with Crippen molar-refractivity contribution < 1.29 is 54.7 Å². The average molecular weight is 464 g/mol. The Bertz CT molecular complexity index is 1250. The van der Waals surface area contributed by atoms with Gasteiger partial charge in [-0.2, -0.15) is 0 Å². The number of benzene rings is 2. The minimum absolute atomic E-state index is 0.0431. The highest BCUT2D eigenvalue weighted by molar-refractivity contribution is 5.88. The van der Waals surface area contributed by atoms with Crippen LogP contribution in [0.15, 0.2) is 39.5 Å². The molecule has 1 aliphatic rings. The summed E-state index contributed by atoms with van der Waals surface area (Å²) in [7, 11) is 0. The van der Waals surface area contributed by atoms with Crippen molar-refractivity contribution in [2.24, 2.45) is 0 Å². The lowest BCUT2D eigenvalue weighted by atomic mass is 9.99. The Morgan fingerprint density at radius 2 is 1.61 bits per heavy atom. The van der Waals surface area contributed by atoms with Crippen LogP contribution in [0.5, 0.6) is 28.7 Å². The van der Waals surface area contributed by atoms with Crippen LogP contribution in [0.3, 0.4) is 0 Å². The summed E-state index contributed by atoms with van der Waals surface area (Å²) in [6.45, 7) is -0.676. The van der Waals surface area contributed by atoms with E-state index < -0.39 is 65.7 Å². The summed E-state index contributed by atoms with van der Waals surface area (Å²) in [5, 5.41) is 78.6. The van der Waals surface area contributed by atoms with Crippen LogP contribution in [-0.2, 0) is 4.74 Å². The van der Waals surface area contributed by atoms with E-state index in [1.807, 2.05) is 0 Å². The first-order chi connectivity index (χ1) is 15.6. The van der Waals surface area contributed by atoms with Crippen molar-refractivity contribution in [1.82, 2.24) is 0 Å². The Balaban J connectivity index is 1.76. The molecule has 5 atom stereocenters. The van der Waals surface area contributed by atoms with Gasteiger partial charge in [0.2, 0.25) is 17.5 Å². The molecule has 1 aliphatic heterocycles. The van der Waals surface area contributed by atoms with E-state index in [4.69, 9.17) is 13.9 Å². The number of hydrogen-bond donors (Lipinski definition) is 8. The van der Waals surface area contributed by atoms with E-state index in [-0.39, 0.29) is 28.0 Å². The average Bonchev–Trinajstić information content (AvgIpc) is 2.78. The Labute approximate surface area is 184 Å². The van der Waals surface area contributed by atoms with Crippen LogP contribution in [0.1, 0.15) is 0 Å². The van der Waals surface area contributed by atoms with E-state index in [9.17, 15) is 45.6 Å². The molecule has 1 saturated heterocycles. The van der Waals surface area contributed by atoms with Crippen molar-refractivity contribution >= 4 is 11.0 Å². The molecule has 176 valence electrons. The maximum atomic E-state index is 12.6. The van der Waals surface area contributed by atoms with E-state index in [1.54, 1.807) is 0 Å². The van der Waals surface area contributed by atoms with Gasteiger partial charge in [0, 0.05) is 17.7 Å². The van der Waals surface area contributed by atoms with Gasteiger partial charge in [-0.3, -0.25) is 4.79 Å². The first-order valence-corrected chi connectivity index (χ1v) is 9.64. The van der Waals surface area contributed by atoms with Crippen LogP contribution in [0.25, 0.3) is 22.3 Å². The molecule has 0 radical (unpaired) electrons. The zero-order valence-corrected chi connectivity index (χ0v) is 16.7. The molecule has 0 amide bonds. The Hall–Kier alpha value is -3.55. The van der Waals surface area contributed by atoms with E-state index in [0.29, 0.717) is 0 Å². The number of ether oxygens (including phenoxy) is 2. The highest BCUT2D eigenvalue weighted by Gasteiger charge is 2.44. The van der Waals surface area contributed by atoms with E-state index in [0.717, 1.165) is 24.3 Å². The summed E-state index contributed by atoms with van der Waals surface area (Å²) < 4.78 is 16.3. The third-order valence-electron chi connectivity index (χ3n) is 5.26. The Morgan fingerprint density at radius 3 is 2.27 bits per heavy atom. The van der Waals surface area contributed by atoms with Gasteiger partial charge in [-0.1, -0.05) is 0 Å². The van der Waals surface area contributed by atoms with E-state index >= 15 is 0 Å². The highest BCUT2D eigenvalue weighted by Crippen LogP contribution is 2.38. The number of aromatic hydroxyl groups is 4. The number of aliphatic hydroxyl groups excluding tert-OH is 4. The summed E-state index contributed by atoms with van der Waals surface area (Å²) >= 11 is 0. The second-order valence-corrected chi connectivity index (χ2v) is 7.44. The molecule has 2 heterocycles. The molecule has 0 aliphatic carbocycles. The summed E-state index contributed by atoms with van der Waals surface area (Å²) in [5.41, 5.74) is -1.20. The first kappa shape index (κ1) is 22.6. The van der Waals surface area contributed by atoms with Crippen molar-refractivity contribution in [2.75, 3.05) is 6.61 Å². The molecular formula is C21H20O12.